The molecule has 21 heavy (non-hydrogen) atoms. The zero-order valence-electron chi connectivity index (χ0n) is 10.8. The van der Waals surface area contributed by atoms with E-state index in [0.29, 0.717) is 18.9 Å². The van der Waals surface area contributed by atoms with Crippen molar-refractivity contribution in [3.8, 4) is 0 Å². The van der Waals surface area contributed by atoms with Crippen molar-refractivity contribution in [2.75, 3.05) is 12.3 Å². The minimum atomic E-state index is -0.647. The Labute approximate surface area is 118 Å². The van der Waals surface area contributed by atoms with Gasteiger partial charge in [0.1, 0.15) is 23.9 Å². The number of nitrogens with zero attached hydrogens (tertiary/aromatic N) is 6. The van der Waals surface area contributed by atoms with Gasteiger partial charge in [0.15, 0.2) is 5.82 Å². The van der Waals surface area contributed by atoms with E-state index in [1.54, 1.807) is 6.33 Å². The summed E-state index contributed by atoms with van der Waals surface area (Å²) < 4.78 is 1.83. The molecule has 0 saturated heterocycles. The monoisotopic (exact) mass is 289 g/mol. The molecule has 0 bridgehead atoms. The number of pyridine rings is 1. The van der Waals surface area contributed by atoms with Crippen LogP contribution >= 0.6 is 0 Å². The van der Waals surface area contributed by atoms with E-state index in [-0.39, 0.29) is 23.6 Å². The van der Waals surface area contributed by atoms with Gasteiger partial charge in [0.2, 0.25) is 0 Å². The van der Waals surface area contributed by atoms with Crippen molar-refractivity contribution in [1.82, 2.24) is 24.6 Å². The van der Waals surface area contributed by atoms with E-state index < -0.39 is 10.8 Å². The Kier molecular flexibility index (Phi) is 2.97. The largest absolute Gasteiger partial charge is 0.384 e. The van der Waals surface area contributed by atoms with Crippen LogP contribution in [0.15, 0.2) is 18.6 Å². The molecule has 2 N–H and O–H groups in total. The number of aromatic nitrogens is 4. The smallest absolute Gasteiger partial charge is 0.300 e. The first kappa shape index (κ1) is 13.0. The third kappa shape index (κ3) is 2.26. The summed E-state index contributed by atoms with van der Waals surface area (Å²) in [6, 6.07) is 1.22. The van der Waals surface area contributed by atoms with Gasteiger partial charge in [-0.1, -0.05) is 0 Å². The Morgan fingerprint density at radius 2 is 2.24 bits per heavy atom. The quantitative estimate of drug-likeness (QED) is 0.598. The second kappa shape index (κ2) is 4.81. The zero-order valence-corrected chi connectivity index (χ0v) is 10.8. The number of rotatable bonds is 2. The maximum Gasteiger partial charge on any atom is 0.300 e. The lowest BCUT2D eigenvalue weighted by Crippen LogP contribution is -2.38. The summed E-state index contributed by atoms with van der Waals surface area (Å²) in [6.45, 7) is 1.21. The molecule has 0 radical (unpaired) electrons. The van der Waals surface area contributed by atoms with Gasteiger partial charge in [-0.25, -0.2) is 4.98 Å². The van der Waals surface area contributed by atoms with Gasteiger partial charge >= 0.3 is 0 Å². The van der Waals surface area contributed by atoms with Crippen LogP contribution in [0.2, 0.25) is 0 Å². The summed E-state index contributed by atoms with van der Waals surface area (Å²) in [4.78, 5) is 28.0. The highest BCUT2D eigenvalue weighted by molar-refractivity contribution is 5.98. The number of hydrogen-bond acceptors (Lipinski definition) is 7. The van der Waals surface area contributed by atoms with Gasteiger partial charge < -0.3 is 15.2 Å². The van der Waals surface area contributed by atoms with Crippen molar-refractivity contribution >= 4 is 17.4 Å². The normalized spacial score (nSPS) is 13.8. The SMILES string of the molecule is Nc1cc(C(=O)N2CCn3cnnc3C2)c([N+](=O)[O-])cn1. The number of nitrogens with two attached hydrogens (primary N) is 1. The maximum absolute atomic E-state index is 12.5. The third-order valence-corrected chi connectivity index (χ3v) is 3.26. The predicted molar refractivity (Wildman–Crippen MR) is 70.1 cm³/mol. The summed E-state index contributed by atoms with van der Waals surface area (Å²) in [6.07, 6.45) is 2.58. The van der Waals surface area contributed by atoms with Crippen LogP contribution in [0.1, 0.15) is 16.2 Å². The first-order chi connectivity index (χ1) is 10.1. The van der Waals surface area contributed by atoms with E-state index in [0.717, 1.165) is 6.20 Å². The summed E-state index contributed by atoms with van der Waals surface area (Å²) in [5.74, 6) is 0.230. The van der Waals surface area contributed by atoms with Crippen LogP contribution in [-0.4, -0.2) is 42.0 Å². The average Bonchev–Trinajstić information content (AvgIpc) is 2.93. The van der Waals surface area contributed by atoms with Crippen LogP contribution < -0.4 is 5.73 Å². The Morgan fingerprint density at radius 1 is 1.43 bits per heavy atom. The van der Waals surface area contributed by atoms with E-state index in [1.165, 1.54) is 11.0 Å². The molecular weight excluding hydrogens is 278 g/mol. The molecule has 3 rings (SSSR count). The highest BCUT2D eigenvalue weighted by Crippen LogP contribution is 2.22. The molecule has 0 aromatic carbocycles. The molecule has 1 aliphatic rings. The van der Waals surface area contributed by atoms with Crippen LogP contribution in [0.4, 0.5) is 11.5 Å². The van der Waals surface area contributed by atoms with Crippen molar-refractivity contribution in [3.05, 3.63) is 40.1 Å². The first-order valence-corrected chi connectivity index (χ1v) is 6.12. The third-order valence-electron chi connectivity index (χ3n) is 3.26. The minimum absolute atomic E-state index is 0.0594. The molecule has 0 aliphatic carbocycles. The Balaban J connectivity index is 1.93. The molecule has 0 atom stereocenters. The Bertz CT molecular complexity index is 726. The van der Waals surface area contributed by atoms with Crippen LogP contribution in [-0.2, 0) is 13.1 Å². The van der Waals surface area contributed by atoms with Gasteiger partial charge in [-0.05, 0) is 6.07 Å². The lowest BCUT2D eigenvalue weighted by molar-refractivity contribution is -0.385. The lowest BCUT2D eigenvalue weighted by atomic mass is 10.2. The first-order valence-electron chi connectivity index (χ1n) is 6.12. The van der Waals surface area contributed by atoms with Gasteiger partial charge in [-0.15, -0.1) is 10.2 Å². The van der Waals surface area contributed by atoms with Gasteiger partial charge in [0.05, 0.1) is 11.5 Å². The number of carbonyl (C=O) groups excluding carboxylic acids is 1. The lowest BCUT2D eigenvalue weighted by Gasteiger charge is -2.26. The predicted octanol–water partition coefficient (Wildman–Crippen LogP) is -0.181. The molecule has 1 aliphatic heterocycles. The molecule has 0 spiro atoms. The van der Waals surface area contributed by atoms with Crippen molar-refractivity contribution in [2.45, 2.75) is 13.1 Å². The fraction of sp³-hybridized carbons (Fsp3) is 0.273. The maximum atomic E-state index is 12.5. The zero-order chi connectivity index (χ0) is 15.0. The number of hydrogen-bond donors (Lipinski definition) is 1. The van der Waals surface area contributed by atoms with Crippen LogP contribution in [0.5, 0.6) is 0 Å². The van der Waals surface area contributed by atoms with Crippen molar-refractivity contribution in [3.63, 3.8) is 0 Å². The fourth-order valence-electron chi connectivity index (χ4n) is 2.19. The van der Waals surface area contributed by atoms with Gasteiger partial charge in [-0.3, -0.25) is 14.9 Å². The topological polar surface area (TPSA) is 133 Å². The van der Waals surface area contributed by atoms with Crippen molar-refractivity contribution in [2.24, 2.45) is 0 Å². The number of anilines is 1. The van der Waals surface area contributed by atoms with Crippen LogP contribution in [0, 0.1) is 10.1 Å². The summed E-state index contributed by atoms with van der Waals surface area (Å²) in [5, 5.41) is 18.7. The van der Waals surface area contributed by atoms with E-state index in [2.05, 4.69) is 15.2 Å². The Hall–Kier alpha value is -3.04. The number of nitrogen functional groups attached to an aromatic ring is 1. The second-order valence-electron chi connectivity index (χ2n) is 4.55. The molecule has 2 aromatic rings. The summed E-state index contributed by atoms with van der Waals surface area (Å²) in [5.41, 5.74) is 5.10. The highest BCUT2D eigenvalue weighted by atomic mass is 16.6. The molecule has 0 saturated carbocycles. The summed E-state index contributed by atoms with van der Waals surface area (Å²) >= 11 is 0. The van der Waals surface area contributed by atoms with E-state index >= 15 is 0 Å². The van der Waals surface area contributed by atoms with E-state index in [4.69, 9.17) is 5.73 Å². The van der Waals surface area contributed by atoms with Crippen LogP contribution in [0.3, 0.4) is 0 Å². The van der Waals surface area contributed by atoms with Gasteiger partial charge in [0.25, 0.3) is 11.6 Å². The molecular formula is C11H11N7O3. The number of amides is 1. The second-order valence-corrected chi connectivity index (χ2v) is 4.55. The molecule has 10 heteroatoms. The Morgan fingerprint density at radius 3 is 3.00 bits per heavy atom. The average molecular weight is 289 g/mol. The van der Waals surface area contributed by atoms with E-state index in [1.807, 2.05) is 4.57 Å². The molecule has 1 amide bonds. The van der Waals surface area contributed by atoms with E-state index in [9.17, 15) is 14.9 Å². The molecule has 0 fully saturated rings. The molecule has 0 unspecified atom stereocenters. The molecule has 108 valence electrons. The number of nitro groups is 1. The number of fused-ring (bicyclic) bond motifs is 1. The summed E-state index contributed by atoms with van der Waals surface area (Å²) in [7, 11) is 0. The number of carbonyl (C=O) groups is 1. The van der Waals surface area contributed by atoms with Crippen molar-refractivity contribution in [1.29, 1.82) is 0 Å². The van der Waals surface area contributed by atoms with Gasteiger partial charge in [-0.2, -0.15) is 0 Å². The van der Waals surface area contributed by atoms with Crippen LogP contribution in [0.25, 0.3) is 0 Å². The fourth-order valence-corrected chi connectivity index (χ4v) is 2.19. The minimum Gasteiger partial charge on any atom is -0.384 e. The molecule has 10 nitrogen and oxygen atoms in total. The molecule has 3 heterocycles. The molecule has 2 aromatic heterocycles. The highest BCUT2D eigenvalue weighted by Gasteiger charge is 2.28. The van der Waals surface area contributed by atoms with Gasteiger partial charge in [0, 0.05) is 13.1 Å². The standard InChI is InChI=1S/C11H11N7O3/c12-9-3-7(8(4-13-9)18(20)21)11(19)16-1-2-17-6-14-15-10(17)5-16/h3-4,6H,1-2,5H2,(H2,12,13). The van der Waals surface area contributed by atoms with Crippen molar-refractivity contribution < 1.29 is 9.72 Å².